The van der Waals surface area contributed by atoms with Crippen LogP contribution in [0.3, 0.4) is 0 Å². The van der Waals surface area contributed by atoms with Gasteiger partial charge in [0.25, 0.3) is 10.0 Å². The summed E-state index contributed by atoms with van der Waals surface area (Å²) in [5.74, 6) is 0.448. The first-order valence-corrected chi connectivity index (χ1v) is 7.03. The Morgan fingerprint density at radius 3 is 2.65 bits per heavy atom. The first-order valence-electron chi connectivity index (χ1n) is 5.54. The van der Waals surface area contributed by atoms with Crippen LogP contribution in [0.1, 0.15) is 20.3 Å². The Bertz CT molecular complexity index is 453. The topological polar surface area (TPSA) is 90.0 Å². The van der Waals surface area contributed by atoms with Crippen LogP contribution < -0.4 is 10.5 Å². The first kappa shape index (κ1) is 14.1. The normalized spacial score (nSPS) is 14.2. The summed E-state index contributed by atoms with van der Waals surface area (Å²) in [4.78, 5) is 3.80. The summed E-state index contributed by atoms with van der Waals surface area (Å²) in [6.45, 7) is 4.33. The van der Waals surface area contributed by atoms with Crippen LogP contribution in [0.15, 0.2) is 17.6 Å². The molecule has 0 fully saturated rings. The van der Waals surface area contributed by atoms with Crippen LogP contribution in [-0.4, -0.2) is 30.6 Å². The number of aromatic nitrogens is 2. The van der Waals surface area contributed by atoms with Crippen molar-refractivity contribution >= 4 is 10.0 Å². The zero-order valence-electron chi connectivity index (χ0n) is 10.4. The van der Waals surface area contributed by atoms with Gasteiger partial charge in [0.15, 0.2) is 5.03 Å². The molecular weight excluding hydrogens is 240 g/mol. The maximum absolute atomic E-state index is 11.8. The van der Waals surface area contributed by atoms with Gasteiger partial charge in [0.2, 0.25) is 0 Å². The van der Waals surface area contributed by atoms with E-state index in [-0.39, 0.29) is 17.6 Å². The van der Waals surface area contributed by atoms with Crippen LogP contribution >= 0.6 is 0 Å². The summed E-state index contributed by atoms with van der Waals surface area (Å²) in [5.41, 5.74) is 5.81. The van der Waals surface area contributed by atoms with Gasteiger partial charge in [-0.25, -0.2) is 18.1 Å². The molecule has 1 aromatic rings. The SMILES string of the molecule is CC(C)CC(N)CNS(=O)(=O)c1cn(C)cn1. The molecule has 6 nitrogen and oxygen atoms in total. The maximum Gasteiger partial charge on any atom is 0.259 e. The molecule has 0 aliphatic rings. The van der Waals surface area contributed by atoms with Gasteiger partial charge in [-0.3, -0.25) is 0 Å². The highest BCUT2D eigenvalue weighted by Gasteiger charge is 2.18. The standard InChI is InChI=1S/C10H20N4O2S/c1-8(2)4-9(11)5-13-17(15,16)10-6-14(3)7-12-10/h6-9,13H,4-5,11H2,1-3H3. The number of imidazole rings is 1. The molecule has 0 radical (unpaired) electrons. The van der Waals surface area contributed by atoms with Crippen molar-refractivity contribution in [3.05, 3.63) is 12.5 Å². The smallest absolute Gasteiger partial charge is 0.259 e. The van der Waals surface area contributed by atoms with Gasteiger partial charge in [0.1, 0.15) is 0 Å². The zero-order valence-corrected chi connectivity index (χ0v) is 11.2. The number of aryl methyl sites for hydroxylation is 1. The van der Waals surface area contributed by atoms with Crippen LogP contribution in [0.4, 0.5) is 0 Å². The minimum Gasteiger partial charge on any atom is -0.339 e. The molecule has 17 heavy (non-hydrogen) atoms. The molecule has 0 aliphatic carbocycles. The molecule has 1 unspecified atom stereocenters. The molecule has 1 atom stereocenters. The van der Waals surface area contributed by atoms with Crippen LogP contribution in [0.25, 0.3) is 0 Å². The quantitative estimate of drug-likeness (QED) is 0.757. The third-order valence-corrected chi connectivity index (χ3v) is 3.57. The van der Waals surface area contributed by atoms with E-state index in [9.17, 15) is 8.42 Å². The Labute approximate surface area is 102 Å². The Kier molecular flexibility index (Phi) is 4.67. The first-order chi connectivity index (χ1) is 7.81. The predicted molar refractivity (Wildman–Crippen MR) is 65.8 cm³/mol. The fraction of sp³-hybridized carbons (Fsp3) is 0.700. The van der Waals surface area contributed by atoms with Gasteiger partial charge in [-0.1, -0.05) is 13.8 Å². The number of nitrogens with one attached hydrogen (secondary N) is 1. The summed E-state index contributed by atoms with van der Waals surface area (Å²) in [6.07, 6.45) is 3.68. The molecule has 0 amide bonds. The molecule has 0 bridgehead atoms. The average molecular weight is 260 g/mol. The number of nitrogens with zero attached hydrogens (tertiary/aromatic N) is 2. The lowest BCUT2D eigenvalue weighted by Gasteiger charge is -2.14. The Morgan fingerprint density at radius 1 is 1.53 bits per heavy atom. The number of hydrogen-bond donors (Lipinski definition) is 2. The second kappa shape index (κ2) is 5.61. The fourth-order valence-corrected chi connectivity index (χ4v) is 2.58. The lowest BCUT2D eigenvalue weighted by molar-refractivity contribution is 0.485. The molecule has 0 aromatic carbocycles. The zero-order chi connectivity index (χ0) is 13.1. The molecule has 3 N–H and O–H groups in total. The molecular formula is C10H20N4O2S. The van der Waals surface area contributed by atoms with E-state index in [1.165, 1.54) is 12.5 Å². The lowest BCUT2D eigenvalue weighted by atomic mass is 10.1. The highest BCUT2D eigenvalue weighted by molar-refractivity contribution is 7.89. The summed E-state index contributed by atoms with van der Waals surface area (Å²) >= 11 is 0. The third kappa shape index (κ3) is 4.45. The van der Waals surface area contributed by atoms with Gasteiger partial charge < -0.3 is 10.3 Å². The van der Waals surface area contributed by atoms with Gasteiger partial charge in [0.05, 0.1) is 6.33 Å². The van der Waals surface area contributed by atoms with E-state index in [4.69, 9.17) is 5.73 Å². The van der Waals surface area contributed by atoms with Crippen LogP contribution in [0.2, 0.25) is 0 Å². The van der Waals surface area contributed by atoms with Crippen molar-refractivity contribution < 1.29 is 8.42 Å². The highest BCUT2D eigenvalue weighted by Crippen LogP contribution is 2.05. The van der Waals surface area contributed by atoms with Gasteiger partial charge in [0, 0.05) is 25.8 Å². The Morgan fingerprint density at radius 2 is 2.18 bits per heavy atom. The third-order valence-electron chi connectivity index (χ3n) is 2.27. The van der Waals surface area contributed by atoms with E-state index in [0.717, 1.165) is 6.42 Å². The summed E-state index contributed by atoms with van der Waals surface area (Å²) in [6, 6.07) is -0.173. The Balaban J connectivity index is 2.56. The number of sulfonamides is 1. The monoisotopic (exact) mass is 260 g/mol. The van der Waals surface area contributed by atoms with E-state index in [0.29, 0.717) is 5.92 Å². The minimum absolute atomic E-state index is 0.0248. The van der Waals surface area contributed by atoms with Gasteiger partial charge in [-0.05, 0) is 12.3 Å². The largest absolute Gasteiger partial charge is 0.339 e. The lowest BCUT2D eigenvalue weighted by Crippen LogP contribution is -2.38. The number of rotatable bonds is 6. The summed E-state index contributed by atoms with van der Waals surface area (Å²) in [7, 11) is -1.81. The van der Waals surface area contributed by atoms with Gasteiger partial charge in [-0.2, -0.15) is 0 Å². The van der Waals surface area contributed by atoms with Crippen molar-refractivity contribution in [3.8, 4) is 0 Å². The number of hydrogen-bond acceptors (Lipinski definition) is 4. The van der Waals surface area contributed by atoms with Crippen molar-refractivity contribution in [2.24, 2.45) is 18.7 Å². The van der Waals surface area contributed by atoms with E-state index in [1.54, 1.807) is 11.6 Å². The molecule has 0 aliphatic heterocycles. The molecule has 1 heterocycles. The molecule has 0 saturated carbocycles. The Hall–Kier alpha value is -0.920. The van der Waals surface area contributed by atoms with E-state index in [2.05, 4.69) is 9.71 Å². The number of nitrogens with two attached hydrogens (primary N) is 1. The highest BCUT2D eigenvalue weighted by atomic mass is 32.2. The second-order valence-corrected chi connectivity index (χ2v) is 6.33. The van der Waals surface area contributed by atoms with Gasteiger partial charge in [-0.15, -0.1) is 0 Å². The molecule has 1 aromatic heterocycles. The minimum atomic E-state index is -3.53. The van der Waals surface area contributed by atoms with Crippen molar-refractivity contribution in [2.75, 3.05) is 6.54 Å². The molecule has 0 saturated heterocycles. The predicted octanol–water partition coefficient (Wildman–Crippen LogP) is 0.0718. The average Bonchev–Trinajstić information content (AvgIpc) is 2.62. The molecule has 0 spiro atoms. The fourth-order valence-electron chi connectivity index (χ4n) is 1.51. The summed E-state index contributed by atoms with van der Waals surface area (Å²) < 4.78 is 27.6. The van der Waals surface area contributed by atoms with Crippen molar-refractivity contribution in [3.63, 3.8) is 0 Å². The van der Waals surface area contributed by atoms with Crippen molar-refractivity contribution in [2.45, 2.75) is 31.3 Å². The second-order valence-electron chi connectivity index (χ2n) is 4.62. The van der Waals surface area contributed by atoms with Crippen molar-refractivity contribution in [1.82, 2.24) is 14.3 Å². The van der Waals surface area contributed by atoms with Crippen molar-refractivity contribution in [1.29, 1.82) is 0 Å². The van der Waals surface area contributed by atoms with E-state index >= 15 is 0 Å². The molecule has 1 rings (SSSR count). The molecule has 7 heteroatoms. The maximum atomic E-state index is 11.8. The van der Waals surface area contributed by atoms with Crippen LogP contribution in [0.5, 0.6) is 0 Å². The van der Waals surface area contributed by atoms with E-state index < -0.39 is 10.0 Å². The van der Waals surface area contributed by atoms with Crippen LogP contribution in [-0.2, 0) is 17.1 Å². The summed E-state index contributed by atoms with van der Waals surface area (Å²) in [5, 5.41) is 0.0248. The van der Waals surface area contributed by atoms with Gasteiger partial charge >= 0.3 is 0 Å². The van der Waals surface area contributed by atoms with E-state index in [1.807, 2.05) is 13.8 Å². The van der Waals surface area contributed by atoms with Crippen LogP contribution in [0, 0.1) is 5.92 Å². The molecule has 98 valence electrons.